The van der Waals surface area contributed by atoms with E-state index in [-0.39, 0.29) is 13.2 Å². The summed E-state index contributed by atoms with van der Waals surface area (Å²) in [6, 6.07) is 0. The average molecular weight is 480 g/mol. The van der Waals surface area contributed by atoms with Crippen molar-refractivity contribution in [3.8, 4) is 0 Å². The number of ether oxygens (including phenoxy) is 4. The summed E-state index contributed by atoms with van der Waals surface area (Å²) in [4.78, 5) is 4.47. The first kappa shape index (κ1) is 26.7. The van der Waals surface area contributed by atoms with E-state index >= 15 is 0 Å². The first-order chi connectivity index (χ1) is 14.5. The Balaban J connectivity index is 2.23. The molecule has 0 spiro atoms. The average Bonchev–Trinajstić information content (AvgIpc) is 2.82. The van der Waals surface area contributed by atoms with Crippen LogP contribution in [0.2, 0.25) is 0 Å². The Hall–Kier alpha value is -0.570. The lowest BCUT2D eigenvalue weighted by molar-refractivity contribution is -0.495. The van der Waals surface area contributed by atoms with Crippen molar-refractivity contribution in [3.63, 3.8) is 0 Å². The lowest BCUT2D eigenvalue weighted by atomic mass is 9.90. The van der Waals surface area contributed by atoms with Crippen LogP contribution in [-0.4, -0.2) is 115 Å². The molecule has 2 fully saturated rings. The molecule has 0 aromatic heterocycles. The SMILES string of the molecule is CO[C@@H]1OCC(COOO)[C@H](O[C@@H]2OC(CO)[C@H](OS(=O)(=O)O)[C@H](C)C2O)C(O)[C@@H]1O. The van der Waals surface area contributed by atoms with E-state index in [4.69, 9.17) is 28.8 Å². The monoisotopic (exact) mass is 480 g/mol. The van der Waals surface area contributed by atoms with E-state index in [9.17, 15) is 28.8 Å². The number of methoxy groups -OCH3 is 1. The summed E-state index contributed by atoms with van der Waals surface area (Å²) in [6.45, 7) is 0.0337. The van der Waals surface area contributed by atoms with Crippen molar-refractivity contribution in [2.24, 2.45) is 11.8 Å². The van der Waals surface area contributed by atoms with Gasteiger partial charge < -0.3 is 39.4 Å². The van der Waals surface area contributed by atoms with Gasteiger partial charge in [0, 0.05) is 18.9 Å². The topological polar surface area (TPSA) is 220 Å². The van der Waals surface area contributed by atoms with Crippen molar-refractivity contribution in [3.05, 3.63) is 0 Å². The number of hydrogen-bond donors (Lipinski definition) is 6. The van der Waals surface area contributed by atoms with Crippen LogP contribution in [0.15, 0.2) is 0 Å². The van der Waals surface area contributed by atoms with Gasteiger partial charge in [-0.2, -0.15) is 8.42 Å². The maximum Gasteiger partial charge on any atom is 0.397 e. The van der Waals surface area contributed by atoms with Crippen LogP contribution in [0.4, 0.5) is 0 Å². The third-order valence-electron chi connectivity index (χ3n) is 5.19. The van der Waals surface area contributed by atoms with Gasteiger partial charge in [-0.3, -0.25) is 4.55 Å². The van der Waals surface area contributed by atoms with Gasteiger partial charge in [-0.1, -0.05) is 12.0 Å². The van der Waals surface area contributed by atoms with Crippen molar-refractivity contribution < 1.29 is 71.7 Å². The fraction of sp³-hybridized carbons (Fsp3) is 1.00. The standard InChI is InChI=1S/C15H28O15S/c1-6-9(17)15(27-8(3-16)12(6)29-31(21,22)23)28-13-7(5-26-30-20)4-25-14(24-2)11(19)10(13)18/h6-20H,3-5H2,1-2H3,(H,21,22,23)/t6-,7?,8?,9?,10?,11+,12-,13+,14-,15+/m1/s1. The van der Waals surface area contributed by atoms with E-state index in [1.807, 2.05) is 0 Å². The Kier molecular flexibility index (Phi) is 9.92. The molecule has 2 aliphatic rings. The van der Waals surface area contributed by atoms with Crippen molar-refractivity contribution >= 4 is 10.4 Å². The van der Waals surface area contributed by atoms with Crippen LogP contribution >= 0.6 is 0 Å². The molecule has 2 aliphatic heterocycles. The van der Waals surface area contributed by atoms with Gasteiger partial charge in [-0.15, -0.1) is 0 Å². The fourth-order valence-electron chi connectivity index (χ4n) is 3.52. The minimum Gasteiger partial charge on any atom is -0.394 e. The molecule has 0 aromatic rings. The second-order valence-corrected chi connectivity index (χ2v) is 8.25. The molecule has 2 heterocycles. The summed E-state index contributed by atoms with van der Waals surface area (Å²) in [6.07, 6.45) is -11.6. The van der Waals surface area contributed by atoms with Crippen LogP contribution < -0.4 is 0 Å². The fourth-order valence-corrected chi connectivity index (χ4v) is 4.10. The third-order valence-corrected chi connectivity index (χ3v) is 5.65. The molecule has 4 unspecified atom stereocenters. The summed E-state index contributed by atoms with van der Waals surface area (Å²) >= 11 is 0. The van der Waals surface area contributed by atoms with Gasteiger partial charge in [0.2, 0.25) is 0 Å². The zero-order valence-corrected chi connectivity index (χ0v) is 17.5. The largest absolute Gasteiger partial charge is 0.397 e. The Morgan fingerprint density at radius 2 is 1.74 bits per heavy atom. The zero-order valence-electron chi connectivity index (χ0n) is 16.7. The maximum atomic E-state index is 11.1. The summed E-state index contributed by atoms with van der Waals surface area (Å²) in [5, 5.41) is 53.0. The minimum absolute atomic E-state index is 0.197. The number of aliphatic hydroxyl groups excluding tert-OH is 4. The first-order valence-electron chi connectivity index (χ1n) is 9.23. The van der Waals surface area contributed by atoms with E-state index in [1.54, 1.807) is 0 Å². The molecule has 15 nitrogen and oxygen atoms in total. The summed E-state index contributed by atoms with van der Waals surface area (Å²) in [5.41, 5.74) is 0. The minimum atomic E-state index is -4.92. The van der Waals surface area contributed by atoms with Crippen LogP contribution in [-0.2, 0) is 43.5 Å². The van der Waals surface area contributed by atoms with Gasteiger partial charge in [0.1, 0.15) is 30.5 Å². The molecule has 10 atom stereocenters. The van der Waals surface area contributed by atoms with Crippen LogP contribution in [0.1, 0.15) is 6.92 Å². The second-order valence-electron chi connectivity index (χ2n) is 7.20. The second kappa shape index (κ2) is 11.5. The molecule has 2 rings (SSSR count). The molecule has 16 heteroatoms. The number of rotatable bonds is 9. The van der Waals surface area contributed by atoms with Gasteiger partial charge in [0.15, 0.2) is 12.6 Å². The maximum absolute atomic E-state index is 11.1. The van der Waals surface area contributed by atoms with E-state index in [0.717, 1.165) is 0 Å². The molecule has 0 radical (unpaired) electrons. The summed E-state index contributed by atoms with van der Waals surface area (Å²) in [5.74, 6) is -1.90. The number of hydrogen-bond acceptors (Lipinski definition) is 14. The van der Waals surface area contributed by atoms with Gasteiger partial charge in [-0.05, 0) is 0 Å². The lowest BCUT2D eigenvalue weighted by Gasteiger charge is -2.44. The summed E-state index contributed by atoms with van der Waals surface area (Å²) in [7, 11) is -3.68. The lowest BCUT2D eigenvalue weighted by Crippen LogP contribution is -2.59. The van der Waals surface area contributed by atoms with Crippen LogP contribution in [0.5, 0.6) is 0 Å². The molecule has 0 amide bonds. The molecular formula is C15H28O15S. The Morgan fingerprint density at radius 3 is 2.29 bits per heavy atom. The van der Waals surface area contributed by atoms with Gasteiger partial charge in [0.25, 0.3) is 0 Å². The van der Waals surface area contributed by atoms with Crippen LogP contribution in [0, 0.1) is 11.8 Å². The molecule has 6 N–H and O–H groups in total. The van der Waals surface area contributed by atoms with Crippen molar-refractivity contribution in [1.29, 1.82) is 0 Å². The molecule has 0 bridgehead atoms. The van der Waals surface area contributed by atoms with E-state index in [2.05, 4.69) is 14.1 Å². The van der Waals surface area contributed by atoms with Crippen LogP contribution in [0.3, 0.4) is 0 Å². The highest BCUT2D eigenvalue weighted by Crippen LogP contribution is 2.33. The molecule has 184 valence electrons. The highest BCUT2D eigenvalue weighted by Gasteiger charge is 2.49. The normalized spacial score (nSPS) is 42.3. The molecule has 0 aliphatic carbocycles. The van der Waals surface area contributed by atoms with Gasteiger partial charge in [-0.25, -0.2) is 14.3 Å². The quantitative estimate of drug-likeness (QED) is 0.110. The van der Waals surface area contributed by atoms with Crippen LogP contribution in [0.25, 0.3) is 0 Å². The van der Waals surface area contributed by atoms with E-state index in [0.29, 0.717) is 0 Å². The molecule has 0 aromatic carbocycles. The predicted molar refractivity (Wildman–Crippen MR) is 94.1 cm³/mol. The van der Waals surface area contributed by atoms with Gasteiger partial charge in [0.05, 0.1) is 25.9 Å². The molecule has 31 heavy (non-hydrogen) atoms. The molecular weight excluding hydrogens is 452 g/mol. The summed E-state index contributed by atoms with van der Waals surface area (Å²) < 4.78 is 57.0. The zero-order chi connectivity index (χ0) is 23.3. The van der Waals surface area contributed by atoms with E-state index in [1.165, 1.54) is 14.0 Å². The Bertz CT molecular complexity index is 644. The third kappa shape index (κ3) is 6.71. The number of aliphatic hydroxyl groups is 4. The van der Waals surface area contributed by atoms with Crippen molar-refractivity contribution in [1.82, 2.24) is 0 Å². The van der Waals surface area contributed by atoms with Crippen molar-refractivity contribution in [2.75, 3.05) is 26.9 Å². The van der Waals surface area contributed by atoms with E-state index < -0.39 is 78.0 Å². The Labute approximate surface area is 177 Å². The van der Waals surface area contributed by atoms with Gasteiger partial charge >= 0.3 is 10.4 Å². The highest BCUT2D eigenvalue weighted by atomic mass is 32.3. The molecule has 2 saturated heterocycles. The smallest absolute Gasteiger partial charge is 0.394 e. The molecule has 0 saturated carbocycles. The Morgan fingerprint density at radius 1 is 1.06 bits per heavy atom. The predicted octanol–water partition coefficient (Wildman–Crippen LogP) is -2.96. The van der Waals surface area contributed by atoms with Crippen molar-refractivity contribution in [2.45, 2.75) is 56.1 Å². The first-order valence-corrected chi connectivity index (χ1v) is 10.6. The highest BCUT2D eigenvalue weighted by molar-refractivity contribution is 7.80.